The SMILES string of the molecule is C[C@@H]1CC[C@H](C(N)=O)CN1C(=O)/C=C/c1ccccc1C#N. The molecule has 2 N–H and O–H groups in total. The van der Waals surface area contributed by atoms with E-state index in [2.05, 4.69) is 6.07 Å². The van der Waals surface area contributed by atoms with E-state index >= 15 is 0 Å². The third kappa shape index (κ3) is 3.53. The third-order valence-electron chi connectivity index (χ3n) is 4.05. The Balaban J connectivity index is 2.12. The van der Waals surface area contributed by atoms with Gasteiger partial charge in [0.25, 0.3) is 0 Å². The Labute approximate surface area is 130 Å². The summed E-state index contributed by atoms with van der Waals surface area (Å²) in [7, 11) is 0. The topological polar surface area (TPSA) is 87.2 Å². The Morgan fingerprint density at radius 3 is 2.77 bits per heavy atom. The quantitative estimate of drug-likeness (QED) is 0.861. The van der Waals surface area contributed by atoms with Crippen molar-refractivity contribution in [2.75, 3.05) is 6.54 Å². The van der Waals surface area contributed by atoms with Crippen molar-refractivity contribution in [3.63, 3.8) is 0 Å². The number of piperidine rings is 1. The van der Waals surface area contributed by atoms with Crippen LogP contribution < -0.4 is 5.73 Å². The first kappa shape index (κ1) is 15.8. The summed E-state index contributed by atoms with van der Waals surface area (Å²) in [5, 5.41) is 9.04. The first-order valence-corrected chi connectivity index (χ1v) is 7.30. The van der Waals surface area contributed by atoms with Gasteiger partial charge < -0.3 is 10.6 Å². The van der Waals surface area contributed by atoms with Crippen LogP contribution in [0.4, 0.5) is 0 Å². The van der Waals surface area contributed by atoms with Crippen molar-refractivity contribution in [3.05, 3.63) is 41.5 Å². The van der Waals surface area contributed by atoms with Gasteiger partial charge in [0.05, 0.1) is 17.6 Å². The average molecular weight is 297 g/mol. The first-order valence-electron chi connectivity index (χ1n) is 7.30. The van der Waals surface area contributed by atoms with Gasteiger partial charge in [-0.3, -0.25) is 9.59 Å². The highest BCUT2D eigenvalue weighted by Crippen LogP contribution is 2.22. The summed E-state index contributed by atoms with van der Waals surface area (Å²) in [6.45, 7) is 2.33. The molecule has 2 atom stereocenters. The molecule has 1 fully saturated rings. The molecule has 0 unspecified atom stereocenters. The fourth-order valence-corrected chi connectivity index (χ4v) is 2.65. The molecule has 0 bridgehead atoms. The van der Waals surface area contributed by atoms with Gasteiger partial charge in [-0.2, -0.15) is 5.26 Å². The van der Waals surface area contributed by atoms with E-state index in [4.69, 9.17) is 11.0 Å². The lowest BCUT2D eigenvalue weighted by molar-refractivity contribution is -0.133. The molecule has 1 aromatic rings. The second-order valence-electron chi connectivity index (χ2n) is 5.55. The molecule has 5 heteroatoms. The second kappa shape index (κ2) is 6.90. The molecule has 0 spiro atoms. The summed E-state index contributed by atoms with van der Waals surface area (Å²) in [5.74, 6) is -0.797. The number of benzene rings is 1. The Morgan fingerprint density at radius 2 is 2.09 bits per heavy atom. The summed E-state index contributed by atoms with van der Waals surface area (Å²) in [6, 6.07) is 9.26. The summed E-state index contributed by atoms with van der Waals surface area (Å²) < 4.78 is 0. The second-order valence-corrected chi connectivity index (χ2v) is 5.55. The molecule has 1 saturated heterocycles. The molecule has 2 rings (SSSR count). The van der Waals surface area contributed by atoms with E-state index < -0.39 is 0 Å². The van der Waals surface area contributed by atoms with E-state index in [1.165, 1.54) is 6.08 Å². The summed E-state index contributed by atoms with van der Waals surface area (Å²) in [6.07, 6.45) is 4.58. The van der Waals surface area contributed by atoms with Gasteiger partial charge in [0, 0.05) is 18.7 Å². The van der Waals surface area contributed by atoms with Gasteiger partial charge in [-0.15, -0.1) is 0 Å². The zero-order valence-electron chi connectivity index (χ0n) is 12.5. The molecule has 5 nitrogen and oxygen atoms in total. The van der Waals surface area contributed by atoms with Crippen LogP contribution in [-0.2, 0) is 9.59 Å². The zero-order chi connectivity index (χ0) is 16.1. The zero-order valence-corrected chi connectivity index (χ0v) is 12.5. The molecule has 22 heavy (non-hydrogen) atoms. The lowest BCUT2D eigenvalue weighted by Crippen LogP contribution is -2.48. The first-order chi connectivity index (χ1) is 10.5. The molecule has 1 aromatic carbocycles. The maximum Gasteiger partial charge on any atom is 0.246 e. The normalized spacial score (nSPS) is 21.5. The number of hydrogen-bond acceptors (Lipinski definition) is 3. The predicted molar refractivity (Wildman–Crippen MR) is 83.3 cm³/mol. The number of rotatable bonds is 3. The number of nitrogens with zero attached hydrogens (tertiary/aromatic N) is 2. The van der Waals surface area contributed by atoms with E-state index in [1.807, 2.05) is 13.0 Å². The Kier molecular flexibility index (Phi) is 4.95. The lowest BCUT2D eigenvalue weighted by atomic mass is 9.93. The van der Waals surface area contributed by atoms with E-state index in [1.54, 1.807) is 29.2 Å². The Morgan fingerprint density at radius 1 is 1.36 bits per heavy atom. The van der Waals surface area contributed by atoms with Gasteiger partial charge in [0.15, 0.2) is 0 Å². The van der Waals surface area contributed by atoms with Gasteiger partial charge in [-0.25, -0.2) is 0 Å². The van der Waals surface area contributed by atoms with E-state index in [-0.39, 0.29) is 23.8 Å². The van der Waals surface area contributed by atoms with Gasteiger partial charge >= 0.3 is 0 Å². The van der Waals surface area contributed by atoms with Crippen molar-refractivity contribution in [3.8, 4) is 6.07 Å². The van der Waals surface area contributed by atoms with Crippen molar-refractivity contribution in [2.45, 2.75) is 25.8 Å². The molecule has 0 radical (unpaired) electrons. The minimum Gasteiger partial charge on any atom is -0.369 e. The van der Waals surface area contributed by atoms with Crippen molar-refractivity contribution >= 4 is 17.9 Å². The molecule has 2 amide bonds. The summed E-state index contributed by atoms with van der Waals surface area (Å²) >= 11 is 0. The molecular weight excluding hydrogens is 278 g/mol. The van der Waals surface area contributed by atoms with Crippen LogP contribution in [0.3, 0.4) is 0 Å². The van der Waals surface area contributed by atoms with Crippen LogP contribution in [0, 0.1) is 17.2 Å². The van der Waals surface area contributed by atoms with Crippen LogP contribution >= 0.6 is 0 Å². The monoisotopic (exact) mass is 297 g/mol. The highest BCUT2D eigenvalue weighted by atomic mass is 16.2. The predicted octanol–water partition coefficient (Wildman–Crippen LogP) is 1.68. The number of carbonyl (C=O) groups excluding carboxylic acids is 2. The fourth-order valence-electron chi connectivity index (χ4n) is 2.65. The minimum atomic E-state index is -0.358. The molecule has 1 aliphatic heterocycles. The molecule has 1 heterocycles. The number of hydrogen-bond donors (Lipinski definition) is 1. The summed E-state index contributed by atoms with van der Waals surface area (Å²) in [5.41, 5.74) is 6.57. The van der Waals surface area contributed by atoms with Crippen molar-refractivity contribution < 1.29 is 9.59 Å². The lowest BCUT2D eigenvalue weighted by Gasteiger charge is -2.36. The van der Waals surface area contributed by atoms with Crippen molar-refractivity contribution in [1.29, 1.82) is 5.26 Å². The smallest absolute Gasteiger partial charge is 0.246 e. The van der Waals surface area contributed by atoms with Crippen LogP contribution in [0.1, 0.15) is 30.9 Å². The van der Waals surface area contributed by atoms with Gasteiger partial charge in [-0.05, 0) is 37.5 Å². The fraction of sp³-hybridized carbons (Fsp3) is 0.353. The Bertz CT molecular complexity index is 646. The standard InChI is InChI=1S/C17H19N3O2/c1-12-6-7-15(17(19)22)11-20(12)16(21)9-8-13-4-2-3-5-14(13)10-18/h2-5,8-9,12,15H,6-7,11H2,1H3,(H2,19,22)/b9-8+/t12-,15+/m1/s1. The number of nitrogens with two attached hydrogens (primary N) is 1. The number of nitriles is 1. The maximum atomic E-state index is 12.4. The largest absolute Gasteiger partial charge is 0.369 e. The third-order valence-corrected chi connectivity index (χ3v) is 4.05. The molecular formula is C17H19N3O2. The van der Waals surface area contributed by atoms with Crippen LogP contribution in [-0.4, -0.2) is 29.3 Å². The van der Waals surface area contributed by atoms with Crippen LogP contribution in [0.5, 0.6) is 0 Å². The Hall–Kier alpha value is -2.61. The van der Waals surface area contributed by atoms with Crippen LogP contribution in [0.25, 0.3) is 6.08 Å². The van der Waals surface area contributed by atoms with E-state index in [0.29, 0.717) is 17.7 Å². The van der Waals surface area contributed by atoms with E-state index in [0.717, 1.165) is 12.8 Å². The molecule has 0 saturated carbocycles. The number of likely N-dealkylation sites (tertiary alicyclic amines) is 1. The van der Waals surface area contributed by atoms with E-state index in [9.17, 15) is 9.59 Å². The molecule has 0 aliphatic carbocycles. The van der Waals surface area contributed by atoms with Gasteiger partial charge in [0.1, 0.15) is 0 Å². The number of primary amides is 1. The van der Waals surface area contributed by atoms with Gasteiger partial charge in [0.2, 0.25) is 11.8 Å². The van der Waals surface area contributed by atoms with Crippen molar-refractivity contribution in [1.82, 2.24) is 4.90 Å². The number of amides is 2. The van der Waals surface area contributed by atoms with Crippen LogP contribution in [0.15, 0.2) is 30.3 Å². The number of carbonyl (C=O) groups is 2. The maximum absolute atomic E-state index is 12.4. The molecule has 1 aliphatic rings. The average Bonchev–Trinajstić information content (AvgIpc) is 2.53. The van der Waals surface area contributed by atoms with Gasteiger partial charge in [-0.1, -0.05) is 18.2 Å². The summed E-state index contributed by atoms with van der Waals surface area (Å²) in [4.78, 5) is 25.3. The molecule has 114 valence electrons. The van der Waals surface area contributed by atoms with Crippen molar-refractivity contribution in [2.24, 2.45) is 11.7 Å². The highest BCUT2D eigenvalue weighted by Gasteiger charge is 2.30. The molecule has 0 aromatic heterocycles. The van der Waals surface area contributed by atoms with Crippen LogP contribution in [0.2, 0.25) is 0 Å². The highest BCUT2D eigenvalue weighted by molar-refractivity contribution is 5.93. The minimum absolute atomic E-state index is 0.0824.